The number of halogens is 1. The number of nitrogen functional groups attached to an aromatic ring is 1. The van der Waals surface area contributed by atoms with E-state index in [-0.39, 0.29) is 0 Å². The number of aromatic nitrogens is 1. The molecule has 0 spiro atoms. The van der Waals surface area contributed by atoms with Crippen LogP contribution >= 0.6 is 15.9 Å². The number of rotatable bonds is 0. The fourth-order valence-electron chi connectivity index (χ4n) is 3.33. The highest BCUT2D eigenvalue weighted by Gasteiger charge is 2.39. The van der Waals surface area contributed by atoms with E-state index in [0.29, 0.717) is 5.92 Å². The van der Waals surface area contributed by atoms with Gasteiger partial charge in [-0.3, -0.25) is 4.98 Å². The molecule has 2 nitrogen and oxygen atoms in total. The van der Waals surface area contributed by atoms with Crippen molar-refractivity contribution >= 4 is 32.5 Å². The van der Waals surface area contributed by atoms with Crippen LogP contribution in [-0.2, 0) is 6.42 Å². The third kappa shape index (κ3) is 1.23. The van der Waals surface area contributed by atoms with Crippen molar-refractivity contribution in [2.24, 2.45) is 5.92 Å². The van der Waals surface area contributed by atoms with E-state index in [4.69, 9.17) is 10.7 Å². The van der Waals surface area contributed by atoms with Crippen LogP contribution in [0.5, 0.6) is 0 Å². The lowest BCUT2D eigenvalue weighted by Crippen LogP contribution is -2.32. The maximum Gasteiger partial charge on any atom is 0.0737 e. The van der Waals surface area contributed by atoms with E-state index in [0.717, 1.165) is 33.4 Å². The normalized spacial score (nSPS) is 25.5. The molecule has 3 heteroatoms. The number of nitrogens with zero attached hydrogens (tertiary/aromatic N) is 1. The van der Waals surface area contributed by atoms with E-state index in [2.05, 4.69) is 22.0 Å². The minimum Gasteiger partial charge on any atom is -0.398 e. The van der Waals surface area contributed by atoms with Crippen LogP contribution in [-0.4, -0.2) is 4.98 Å². The standard InChI is InChI=1S/C14H13BrN2/c15-10-2-1-3-11-12(10)13(16)9-6-7-4-8(5-7)14(9)17-11/h1-3,7-8H,4-6H2,(H2,16,17). The Morgan fingerprint density at radius 3 is 2.94 bits per heavy atom. The molecule has 1 aromatic heterocycles. The number of anilines is 1. The van der Waals surface area contributed by atoms with E-state index < -0.39 is 0 Å². The highest BCUT2D eigenvalue weighted by atomic mass is 79.9. The van der Waals surface area contributed by atoms with Crippen molar-refractivity contribution in [3.63, 3.8) is 0 Å². The SMILES string of the molecule is Nc1c2c(nc3cccc(Br)c13)C1CC(C2)C1. The Labute approximate surface area is 108 Å². The minimum absolute atomic E-state index is 0.675. The van der Waals surface area contributed by atoms with Gasteiger partial charge in [0.1, 0.15) is 0 Å². The number of fused-ring (bicyclic) bond motifs is 1. The molecule has 2 N–H and O–H groups in total. The summed E-state index contributed by atoms with van der Waals surface area (Å²) in [6.07, 6.45) is 3.76. The Bertz CT molecular complexity index is 630. The topological polar surface area (TPSA) is 38.9 Å². The van der Waals surface area contributed by atoms with Crippen molar-refractivity contribution in [1.82, 2.24) is 4.98 Å². The Balaban J connectivity index is 2.10. The van der Waals surface area contributed by atoms with E-state index in [1.807, 2.05) is 12.1 Å². The monoisotopic (exact) mass is 288 g/mol. The highest BCUT2D eigenvalue weighted by molar-refractivity contribution is 9.10. The molecule has 0 unspecified atom stereocenters. The average Bonchev–Trinajstić information content (AvgIpc) is 2.27. The summed E-state index contributed by atoms with van der Waals surface area (Å²) in [5, 5.41) is 1.09. The largest absolute Gasteiger partial charge is 0.398 e. The lowest BCUT2D eigenvalue weighted by molar-refractivity contribution is 0.233. The first-order chi connectivity index (χ1) is 8.24. The number of hydrogen-bond acceptors (Lipinski definition) is 2. The lowest BCUT2D eigenvalue weighted by atomic mass is 9.64. The fraction of sp³-hybridized carbons (Fsp3) is 0.357. The molecular weight excluding hydrogens is 276 g/mol. The predicted octanol–water partition coefficient (Wildman–Crippen LogP) is 3.63. The first-order valence-corrected chi connectivity index (χ1v) is 6.90. The van der Waals surface area contributed by atoms with Gasteiger partial charge in [0.2, 0.25) is 0 Å². The molecule has 0 saturated heterocycles. The summed E-state index contributed by atoms with van der Waals surface area (Å²) >= 11 is 3.58. The van der Waals surface area contributed by atoms with Crippen molar-refractivity contribution < 1.29 is 0 Å². The lowest BCUT2D eigenvalue weighted by Gasteiger charge is -2.42. The van der Waals surface area contributed by atoms with Gasteiger partial charge in [0.05, 0.1) is 5.52 Å². The molecule has 3 aliphatic rings. The Morgan fingerprint density at radius 2 is 2.12 bits per heavy atom. The van der Waals surface area contributed by atoms with Crippen LogP contribution in [0.1, 0.15) is 30.0 Å². The molecule has 2 bridgehead atoms. The molecule has 0 atom stereocenters. The van der Waals surface area contributed by atoms with Crippen LogP contribution in [0, 0.1) is 5.92 Å². The van der Waals surface area contributed by atoms with Crippen LogP contribution < -0.4 is 5.73 Å². The zero-order valence-electron chi connectivity index (χ0n) is 9.41. The molecule has 0 amide bonds. The van der Waals surface area contributed by atoms with Gasteiger partial charge in [0, 0.05) is 27.2 Å². The van der Waals surface area contributed by atoms with Crippen molar-refractivity contribution in [2.75, 3.05) is 5.73 Å². The Kier molecular flexibility index (Phi) is 1.88. The second kappa shape index (κ2) is 3.22. The van der Waals surface area contributed by atoms with Crippen molar-refractivity contribution in [3.05, 3.63) is 33.9 Å². The highest BCUT2D eigenvalue weighted by Crippen LogP contribution is 2.51. The first-order valence-electron chi connectivity index (χ1n) is 6.10. The van der Waals surface area contributed by atoms with Gasteiger partial charge in [-0.25, -0.2) is 0 Å². The van der Waals surface area contributed by atoms with Crippen molar-refractivity contribution in [2.45, 2.75) is 25.2 Å². The molecule has 17 heavy (non-hydrogen) atoms. The van der Waals surface area contributed by atoms with Crippen molar-refractivity contribution in [1.29, 1.82) is 0 Å². The molecule has 1 heterocycles. The van der Waals surface area contributed by atoms with Gasteiger partial charge in [-0.1, -0.05) is 22.0 Å². The van der Waals surface area contributed by atoms with E-state index in [9.17, 15) is 0 Å². The summed E-state index contributed by atoms with van der Waals surface area (Å²) in [4.78, 5) is 4.85. The second-order valence-corrected chi connectivity index (χ2v) is 6.12. The minimum atomic E-state index is 0.675. The molecule has 1 aromatic carbocycles. The van der Waals surface area contributed by atoms with Crippen LogP contribution in [0.4, 0.5) is 5.69 Å². The quantitative estimate of drug-likeness (QED) is 0.804. The predicted molar refractivity (Wildman–Crippen MR) is 73.0 cm³/mol. The summed E-state index contributed by atoms with van der Waals surface area (Å²) in [7, 11) is 0. The van der Waals surface area contributed by atoms with Crippen molar-refractivity contribution in [3.8, 4) is 0 Å². The molecule has 5 rings (SSSR count). The molecule has 0 radical (unpaired) electrons. The molecule has 2 aromatic rings. The van der Waals surface area contributed by atoms with Gasteiger partial charge in [-0.05, 0) is 42.9 Å². The van der Waals surface area contributed by atoms with Gasteiger partial charge < -0.3 is 5.73 Å². The van der Waals surface area contributed by atoms with Crippen LogP contribution in [0.3, 0.4) is 0 Å². The Morgan fingerprint density at radius 1 is 1.29 bits per heavy atom. The summed E-state index contributed by atoms with van der Waals surface area (Å²) in [6.45, 7) is 0. The van der Waals surface area contributed by atoms with E-state index in [1.165, 1.54) is 24.1 Å². The maximum absolute atomic E-state index is 6.35. The summed E-state index contributed by atoms with van der Waals surface area (Å²) in [5.41, 5.74) is 10.9. The number of hydrogen-bond donors (Lipinski definition) is 1. The third-order valence-electron chi connectivity index (χ3n) is 4.25. The molecule has 1 fully saturated rings. The third-order valence-corrected chi connectivity index (χ3v) is 4.91. The second-order valence-electron chi connectivity index (χ2n) is 5.26. The smallest absolute Gasteiger partial charge is 0.0737 e. The molecular formula is C14H13BrN2. The number of pyridine rings is 1. The molecule has 86 valence electrons. The van der Waals surface area contributed by atoms with E-state index in [1.54, 1.807) is 0 Å². The van der Waals surface area contributed by atoms with Gasteiger partial charge in [-0.15, -0.1) is 0 Å². The summed E-state index contributed by atoms with van der Waals surface area (Å²) in [6, 6.07) is 6.12. The van der Waals surface area contributed by atoms with Crippen LogP contribution in [0.2, 0.25) is 0 Å². The van der Waals surface area contributed by atoms with Gasteiger partial charge in [-0.2, -0.15) is 0 Å². The van der Waals surface area contributed by atoms with Crippen LogP contribution in [0.25, 0.3) is 10.9 Å². The van der Waals surface area contributed by atoms with Crippen LogP contribution in [0.15, 0.2) is 22.7 Å². The summed E-state index contributed by atoms with van der Waals surface area (Å²) in [5.74, 6) is 1.53. The first kappa shape index (κ1) is 9.89. The zero-order chi connectivity index (χ0) is 11.6. The Hall–Kier alpha value is -1.09. The molecule has 0 aliphatic heterocycles. The van der Waals surface area contributed by atoms with Gasteiger partial charge in [0.15, 0.2) is 0 Å². The average molecular weight is 289 g/mol. The fourth-order valence-corrected chi connectivity index (χ4v) is 3.89. The maximum atomic E-state index is 6.35. The summed E-state index contributed by atoms with van der Waals surface area (Å²) < 4.78 is 1.06. The van der Waals surface area contributed by atoms with Gasteiger partial charge in [0.25, 0.3) is 0 Å². The molecule has 1 saturated carbocycles. The van der Waals surface area contributed by atoms with E-state index >= 15 is 0 Å². The number of nitrogens with two attached hydrogens (primary N) is 1. The number of benzene rings is 1. The molecule has 3 aliphatic carbocycles. The zero-order valence-corrected chi connectivity index (χ0v) is 11.0. The van der Waals surface area contributed by atoms with Gasteiger partial charge >= 0.3 is 0 Å².